The van der Waals surface area contributed by atoms with Gasteiger partial charge in [0.05, 0.1) is 30.1 Å². The largest absolute Gasteiger partial charge is 0.481 e. The average Bonchev–Trinajstić information content (AvgIpc) is 2.97. The Kier molecular flexibility index (Phi) is 3.55. The maximum Gasteiger partial charge on any atom is 0.312 e. The van der Waals surface area contributed by atoms with Gasteiger partial charge in [0.15, 0.2) is 0 Å². The van der Waals surface area contributed by atoms with Gasteiger partial charge in [-0.25, -0.2) is 0 Å². The molecule has 4 aliphatic carbocycles. The number of aliphatic hydroxyl groups excluding tert-OH is 1. The van der Waals surface area contributed by atoms with Gasteiger partial charge in [0.2, 0.25) is 0 Å². The van der Waals surface area contributed by atoms with E-state index in [4.69, 9.17) is 4.74 Å². The lowest BCUT2D eigenvalue weighted by atomic mass is 9.60. The van der Waals surface area contributed by atoms with Crippen LogP contribution in [0, 0.1) is 28.6 Å². The Morgan fingerprint density at radius 3 is 2.69 bits per heavy atom. The molecule has 4 aliphatic rings. The van der Waals surface area contributed by atoms with Crippen LogP contribution in [0.4, 0.5) is 0 Å². The fourth-order valence-corrected chi connectivity index (χ4v) is 6.59. The third-order valence-electron chi connectivity index (χ3n) is 7.91. The normalized spacial score (nSPS) is 49.2. The summed E-state index contributed by atoms with van der Waals surface area (Å²) < 4.78 is 5.10. The van der Waals surface area contributed by atoms with Crippen LogP contribution in [0.2, 0.25) is 0 Å². The second-order valence-corrected chi connectivity index (χ2v) is 8.84. The number of allylic oxidation sites excluding steroid dienone is 1. The number of carboxylic acid groups (broad SMARTS) is 1. The van der Waals surface area contributed by atoms with Gasteiger partial charge < -0.3 is 20.1 Å². The molecule has 0 aliphatic heterocycles. The van der Waals surface area contributed by atoms with Crippen LogP contribution in [-0.2, 0) is 14.3 Å². The van der Waals surface area contributed by atoms with E-state index in [1.54, 1.807) is 0 Å². The van der Waals surface area contributed by atoms with Crippen molar-refractivity contribution in [3.05, 3.63) is 23.8 Å². The van der Waals surface area contributed by atoms with Crippen LogP contribution < -0.4 is 0 Å². The van der Waals surface area contributed by atoms with E-state index in [0.717, 1.165) is 11.1 Å². The van der Waals surface area contributed by atoms with Gasteiger partial charge in [-0.2, -0.15) is 0 Å². The Morgan fingerprint density at radius 1 is 1.38 bits per heavy atom. The molecule has 26 heavy (non-hydrogen) atoms. The highest BCUT2D eigenvalue weighted by Gasteiger charge is 2.73. The van der Waals surface area contributed by atoms with Gasteiger partial charge in [-0.15, -0.1) is 0 Å². The summed E-state index contributed by atoms with van der Waals surface area (Å²) in [5.41, 5.74) is -1.35. The number of aliphatic carboxylic acids is 1. The standard InChI is InChI=1S/C20H26O6/c1-10-8-19-9-20(10,25)7-6-12(19)11-4-5-13(21)18(2,17(23)24)14(11)15(19)16(22)26-3/h4,12-15,21,25H,1,5-9H2,2-3H3,(H,23,24). The van der Waals surface area contributed by atoms with E-state index in [1.165, 1.54) is 14.0 Å². The van der Waals surface area contributed by atoms with Gasteiger partial charge in [0, 0.05) is 5.92 Å². The second kappa shape index (κ2) is 5.20. The highest BCUT2D eigenvalue weighted by atomic mass is 16.5. The number of aliphatic hydroxyl groups is 2. The first-order valence-corrected chi connectivity index (χ1v) is 9.21. The summed E-state index contributed by atoms with van der Waals surface area (Å²) in [5, 5.41) is 31.6. The van der Waals surface area contributed by atoms with E-state index in [-0.39, 0.29) is 12.3 Å². The summed E-state index contributed by atoms with van der Waals surface area (Å²) in [6, 6.07) is 0. The molecule has 0 aromatic heterocycles. The molecule has 1 spiro atoms. The molecule has 4 rings (SSSR count). The minimum Gasteiger partial charge on any atom is -0.481 e. The molecule has 6 heteroatoms. The number of methoxy groups -OCH3 is 1. The maximum absolute atomic E-state index is 12.9. The molecule has 0 amide bonds. The number of rotatable bonds is 2. The van der Waals surface area contributed by atoms with Gasteiger partial charge in [-0.3, -0.25) is 9.59 Å². The number of esters is 1. The van der Waals surface area contributed by atoms with Gasteiger partial charge in [-0.05, 0) is 55.9 Å². The van der Waals surface area contributed by atoms with Crippen molar-refractivity contribution in [2.75, 3.05) is 7.11 Å². The van der Waals surface area contributed by atoms with Crippen molar-refractivity contribution in [3.63, 3.8) is 0 Å². The number of hydrogen-bond acceptors (Lipinski definition) is 5. The molecule has 142 valence electrons. The smallest absolute Gasteiger partial charge is 0.312 e. The quantitative estimate of drug-likeness (QED) is 0.510. The van der Waals surface area contributed by atoms with Gasteiger partial charge in [0.25, 0.3) is 0 Å². The van der Waals surface area contributed by atoms with Crippen molar-refractivity contribution in [2.45, 2.75) is 50.7 Å². The number of carbonyl (C=O) groups is 2. The monoisotopic (exact) mass is 362 g/mol. The first-order chi connectivity index (χ1) is 12.1. The highest BCUT2D eigenvalue weighted by molar-refractivity contribution is 5.82. The van der Waals surface area contributed by atoms with E-state index in [1.807, 2.05) is 6.08 Å². The SMILES string of the molecule is C=C1CC23CC1(O)CCC2C1=CCC(O)C(C)(C(=O)O)C1C3C(=O)OC. The summed E-state index contributed by atoms with van der Waals surface area (Å²) in [6.45, 7) is 5.60. The molecular weight excluding hydrogens is 336 g/mol. The van der Waals surface area contributed by atoms with Crippen LogP contribution in [0.1, 0.15) is 39.0 Å². The van der Waals surface area contributed by atoms with Gasteiger partial charge >= 0.3 is 11.9 Å². The lowest BCUT2D eigenvalue weighted by molar-refractivity contribution is -0.168. The molecule has 0 aromatic carbocycles. The van der Waals surface area contributed by atoms with E-state index in [0.29, 0.717) is 25.7 Å². The summed E-state index contributed by atoms with van der Waals surface area (Å²) in [7, 11) is 1.31. The maximum atomic E-state index is 12.9. The molecule has 7 atom stereocenters. The van der Waals surface area contributed by atoms with Crippen molar-refractivity contribution >= 4 is 11.9 Å². The Hall–Kier alpha value is -1.66. The summed E-state index contributed by atoms with van der Waals surface area (Å²) >= 11 is 0. The summed E-state index contributed by atoms with van der Waals surface area (Å²) in [6.07, 6.45) is 3.29. The van der Waals surface area contributed by atoms with Crippen LogP contribution in [0.3, 0.4) is 0 Å². The van der Waals surface area contributed by atoms with Crippen molar-refractivity contribution in [1.82, 2.24) is 0 Å². The average molecular weight is 362 g/mol. The minimum absolute atomic E-state index is 0.0160. The van der Waals surface area contributed by atoms with Gasteiger partial charge in [0.1, 0.15) is 0 Å². The molecule has 2 bridgehead atoms. The van der Waals surface area contributed by atoms with Crippen molar-refractivity contribution in [3.8, 4) is 0 Å². The van der Waals surface area contributed by atoms with E-state index in [9.17, 15) is 24.9 Å². The molecule has 3 saturated carbocycles. The van der Waals surface area contributed by atoms with E-state index >= 15 is 0 Å². The number of carbonyl (C=O) groups excluding carboxylic acids is 1. The molecule has 0 saturated heterocycles. The Morgan fingerprint density at radius 2 is 2.08 bits per heavy atom. The Balaban J connectivity index is 1.94. The molecule has 0 heterocycles. The van der Waals surface area contributed by atoms with Crippen molar-refractivity contribution < 1.29 is 29.6 Å². The second-order valence-electron chi connectivity index (χ2n) is 8.84. The van der Waals surface area contributed by atoms with Crippen molar-refractivity contribution in [1.29, 1.82) is 0 Å². The van der Waals surface area contributed by atoms with E-state index in [2.05, 4.69) is 6.58 Å². The fourth-order valence-electron chi connectivity index (χ4n) is 6.59. The Bertz CT molecular complexity index is 741. The lowest BCUT2D eigenvalue weighted by Crippen LogP contribution is -2.52. The number of hydrogen-bond donors (Lipinski definition) is 3. The predicted molar refractivity (Wildman–Crippen MR) is 91.9 cm³/mol. The lowest BCUT2D eigenvalue weighted by Gasteiger charge is -2.43. The molecule has 0 aromatic rings. The topological polar surface area (TPSA) is 104 Å². The third-order valence-corrected chi connectivity index (χ3v) is 7.91. The molecule has 7 unspecified atom stereocenters. The Labute approximate surface area is 152 Å². The third kappa shape index (κ3) is 1.84. The molecule has 0 radical (unpaired) electrons. The van der Waals surface area contributed by atoms with Gasteiger partial charge in [-0.1, -0.05) is 18.2 Å². The number of carboxylic acids is 1. The number of fused-ring (bicyclic) bond motifs is 3. The minimum atomic E-state index is -1.46. The molecular formula is C20H26O6. The van der Waals surface area contributed by atoms with Crippen LogP contribution in [0.5, 0.6) is 0 Å². The zero-order valence-corrected chi connectivity index (χ0v) is 15.2. The first kappa shape index (κ1) is 17.7. The molecule has 3 fully saturated rings. The fraction of sp³-hybridized carbons (Fsp3) is 0.700. The van der Waals surface area contributed by atoms with Crippen molar-refractivity contribution in [2.24, 2.45) is 28.6 Å². The highest BCUT2D eigenvalue weighted by Crippen LogP contribution is 2.73. The first-order valence-electron chi connectivity index (χ1n) is 9.21. The van der Waals surface area contributed by atoms with Crippen LogP contribution in [0.15, 0.2) is 23.8 Å². The van der Waals surface area contributed by atoms with E-state index < -0.39 is 46.3 Å². The predicted octanol–water partition coefficient (Wildman–Crippen LogP) is 1.66. The number of ether oxygens (including phenoxy) is 1. The summed E-state index contributed by atoms with van der Waals surface area (Å²) in [4.78, 5) is 25.1. The zero-order valence-electron chi connectivity index (χ0n) is 15.2. The van der Waals surface area contributed by atoms with Crippen LogP contribution in [0.25, 0.3) is 0 Å². The van der Waals surface area contributed by atoms with Crippen LogP contribution in [-0.4, -0.2) is 46.1 Å². The molecule has 3 N–H and O–H groups in total. The zero-order chi connectivity index (χ0) is 19.1. The summed E-state index contributed by atoms with van der Waals surface area (Å²) in [5.74, 6) is -2.87. The molecule has 6 nitrogen and oxygen atoms in total. The van der Waals surface area contributed by atoms with Crippen LogP contribution >= 0.6 is 0 Å².